The Kier molecular flexibility index (Phi) is 5.99. The number of hydrogen-bond donors (Lipinski definition) is 1. The first-order valence-electron chi connectivity index (χ1n) is 11.4. The van der Waals surface area contributed by atoms with Crippen molar-refractivity contribution in [3.05, 3.63) is 87.3 Å². The van der Waals surface area contributed by atoms with E-state index in [1.54, 1.807) is 24.3 Å². The van der Waals surface area contributed by atoms with Gasteiger partial charge in [-0.1, -0.05) is 48.9 Å². The van der Waals surface area contributed by atoms with E-state index in [-0.39, 0.29) is 6.42 Å². The summed E-state index contributed by atoms with van der Waals surface area (Å²) in [6.07, 6.45) is 5.14. The number of nitriles is 1. The Morgan fingerprint density at radius 2 is 1.62 bits per heavy atom. The van der Waals surface area contributed by atoms with E-state index in [9.17, 15) is 19.6 Å². The molecule has 6 nitrogen and oxygen atoms in total. The van der Waals surface area contributed by atoms with Gasteiger partial charge in [0.1, 0.15) is 17.1 Å². The number of benzene rings is 2. The molecule has 5 rings (SSSR count). The molecule has 3 aromatic rings. The highest BCUT2D eigenvalue weighted by molar-refractivity contribution is 7.16. The molecule has 1 aromatic heterocycles. The van der Waals surface area contributed by atoms with Crippen LogP contribution in [-0.2, 0) is 24.1 Å². The highest BCUT2D eigenvalue weighted by Crippen LogP contribution is 2.37. The second kappa shape index (κ2) is 9.24. The highest BCUT2D eigenvalue weighted by atomic mass is 32.1. The Morgan fingerprint density at radius 1 is 0.971 bits per heavy atom. The number of carbonyl (C=O) groups excluding carboxylic acids is 3. The van der Waals surface area contributed by atoms with Crippen LogP contribution in [0.3, 0.4) is 0 Å². The summed E-state index contributed by atoms with van der Waals surface area (Å²) in [6, 6.07) is 17.2. The summed E-state index contributed by atoms with van der Waals surface area (Å²) in [7, 11) is 0. The van der Waals surface area contributed by atoms with Crippen LogP contribution in [0.4, 0.5) is 5.00 Å². The van der Waals surface area contributed by atoms with Gasteiger partial charge in [-0.2, -0.15) is 5.26 Å². The number of amides is 3. The molecule has 2 aromatic carbocycles. The second-order valence-electron chi connectivity index (χ2n) is 8.60. The summed E-state index contributed by atoms with van der Waals surface area (Å²) in [5.41, 5.74) is 2.98. The smallest absolute Gasteiger partial charge is 0.262 e. The zero-order valence-electron chi connectivity index (χ0n) is 18.5. The summed E-state index contributed by atoms with van der Waals surface area (Å²) in [6.45, 7) is 0. The first-order chi connectivity index (χ1) is 16.6. The number of nitrogens with zero attached hydrogens (tertiary/aromatic N) is 2. The Morgan fingerprint density at radius 3 is 2.29 bits per heavy atom. The Labute approximate surface area is 201 Å². The van der Waals surface area contributed by atoms with E-state index in [4.69, 9.17) is 0 Å². The van der Waals surface area contributed by atoms with Crippen molar-refractivity contribution in [3.63, 3.8) is 0 Å². The molecule has 170 valence electrons. The number of fused-ring (bicyclic) bond motifs is 2. The lowest BCUT2D eigenvalue weighted by Gasteiger charge is -2.25. The van der Waals surface area contributed by atoms with Crippen LogP contribution in [0.25, 0.3) is 0 Å². The molecule has 2 heterocycles. The van der Waals surface area contributed by atoms with Crippen LogP contribution in [0.5, 0.6) is 0 Å². The van der Waals surface area contributed by atoms with E-state index in [0.717, 1.165) is 53.0 Å². The molecule has 2 aliphatic rings. The van der Waals surface area contributed by atoms with E-state index in [0.29, 0.717) is 21.7 Å². The fraction of sp³-hybridized carbons (Fsp3) is 0.259. The van der Waals surface area contributed by atoms with Gasteiger partial charge < -0.3 is 5.32 Å². The van der Waals surface area contributed by atoms with Gasteiger partial charge in [-0.3, -0.25) is 19.3 Å². The topological polar surface area (TPSA) is 90.3 Å². The molecule has 0 saturated heterocycles. The van der Waals surface area contributed by atoms with Crippen molar-refractivity contribution in [2.45, 2.75) is 44.6 Å². The van der Waals surface area contributed by atoms with Crippen LogP contribution in [-0.4, -0.2) is 28.7 Å². The summed E-state index contributed by atoms with van der Waals surface area (Å²) in [4.78, 5) is 42.2. The predicted molar refractivity (Wildman–Crippen MR) is 130 cm³/mol. The molecular formula is C27H23N3O3S. The Bertz CT molecular complexity index is 1290. The zero-order chi connectivity index (χ0) is 23.7. The first kappa shape index (κ1) is 22.1. The van der Waals surface area contributed by atoms with Crippen molar-refractivity contribution in [2.75, 3.05) is 5.32 Å². The van der Waals surface area contributed by atoms with Gasteiger partial charge in [-0.15, -0.1) is 11.3 Å². The quantitative estimate of drug-likeness (QED) is 0.432. The number of rotatable bonds is 5. The van der Waals surface area contributed by atoms with Crippen LogP contribution in [0.2, 0.25) is 0 Å². The SMILES string of the molecule is N#Cc1c(NC(=O)[C@@H](Cc2ccccc2)N2C(=O)c3ccccc3C2=O)sc2c1CCCCC2. The van der Waals surface area contributed by atoms with Crippen molar-refractivity contribution in [1.29, 1.82) is 5.26 Å². The van der Waals surface area contributed by atoms with Crippen molar-refractivity contribution >= 4 is 34.1 Å². The first-order valence-corrected chi connectivity index (χ1v) is 12.3. The maximum absolute atomic E-state index is 13.6. The van der Waals surface area contributed by atoms with Crippen LogP contribution in [0.15, 0.2) is 54.6 Å². The van der Waals surface area contributed by atoms with Crippen LogP contribution < -0.4 is 5.32 Å². The van der Waals surface area contributed by atoms with Crippen molar-refractivity contribution in [3.8, 4) is 6.07 Å². The van der Waals surface area contributed by atoms with Crippen molar-refractivity contribution in [2.24, 2.45) is 0 Å². The third-order valence-corrected chi connectivity index (χ3v) is 7.69. The van der Waals surface area contributed by atoms with Crippen LogP contribution in [0, 0.1) is 11.3 Å². The Balaban J connectivity index is 1.49. The molecule has 1 atom stereocenters. The number of thiophene rings is 1. The summed E-state index contributed by atoms with van der Waals surface area (Å²) >= 11 is 1.44. The third-order valence-electron chi connectivity index (χ3n) is 6.48. The molecular weight excluding hydrogens is 446 g/mol. The molecule has 7 heteroatoms. The number of aryl methyl sites for hydroxylation is 1. The van der Waals surface area contributed by atoms with Gasteiger partial charge in [0.25, 0.3) is 11.8 Å². The second-order valence-corrected chi connectivity index (χ2v) is 9.71. The van der Waals surface area contributed by atoms with Crippen molar-refractivity contribution < 1.29 is 14.4 Å². The van der Waals surface area contributed by atoms with Gasteiger partial charge in [0.2, 0.25) is 5.91 Å². The molecule has 0 radical (unpaired) electrons. The molecule has 1 aliphatic carbocycles. The summed E-state index contributed by atoms with van der Waals surface area (Å²) in [5.74, 6) is -1.41. The lowest BCUT2D eigenvalue weighted by molar-refractivity contribution is -0.119. The molecule has 34 heavy (non-hydrogen) atoms. The monoisotopic (exact) mass is 469 g/mol. The van der Waals surface area contributed by atoms with Gasteiger partial charge in [-0.25, -0.2) is 0 Å². The number of imide groups is 1. The molecule has 0 saturated carbocycles. The van der Waals surface area contributed by atoms with E-state index >= 15 is 0 Å². The fourth-order valence-electron chi connectivity index (χ4n) is 4.77. The molecule has 3 amide bonds. The minimum Gasteiger partial charge on any atom is -0.315 e. The molecule has 0 fully saturated rings. The van der Waals surface area contributed by atoms with Gasteiger partial charge >= 0.3 is 0 Å². The van der Waals surface area contributed by atoms with Crippen LogP contribution >= 0.6 is 11.3 Å². The number of nitrogens with one attached hydrogen (secondary N) is 1. The molecule has 0 spiro atoms. The van der Waals surface area contributed by atoms with E-state index < -0.39 is 23.8 Å². The normalized spacial score (nSPS) is 15.8. The highest BCUT2D eigenvalue weighted by Gasteiger charge is 2.43. The lowest BCUT2D eigenvalue weighted by Crippen LogP contribution is -2.48. The van der Waals surface area contributed by atoms with Gasteiger partial charge in [-0.05, 0) is 48.9 Å². The molecule has 0 unspecified atom stereocenters. The molecule has 1 aliphatic heterocycles. The standard InChI is InChI=1S/C27H23N3O3S/c28-16-21-18-11-5-2-6-14-23(18)34-25(21)29-24(31)22(15-17-9-3-1-4-10-17)30-26(32)19-12-7-8-13-20(19)27(30)33/h1,3-4,7-10,12-13,22H,2,5-6,11,14-15H2,(H,29,31)/t22-/m1/s1. The van der Waals surface area contributed by atoms with Gasteiger partial charge in [0.15, 0.2) is 0 Å². The molecule has 0 bridgehead atoms. The summed E-state index contributed by atoms with van der Waals surface area (Å²) < 4.78 is 0. The minimum atomic E-state index is -1.04. The molecule has 1 N–H and O–H groups in total. The van der Waals surface area contributed by atoms with Crippen molar-refractivity contribution in [1.82, 2.24) is 4.90 Å². The van der Waals surface area contributed by atoms with E-state index in [1.807, 2.05) is 30.3 Å². The largest absolute Gasteiger partial charge is 0.315 e. The number of hydrogen-bond acceptors (Lipinski definition) is 5. The zero-order valence-corrected chi connectivity index (χ0v) is 19.4. The minimum absolute atomic E-state index is 0.186. The van der Waals surface area contributed by atoms with Crippen LogP contribution in [0.1, 0.15) is 61.5 Å². The third kappa shape index (κ3) is 3.91. The maximum atomic E-state index is 13.6. The van der Waals surface area contributed by atoms with Gasteiger partial charge in [0, 0.05) is 11.3 Å². The lowest BCUT2D eigenvalue weighted by atomic mass is 10.0. The Hall–Kier alpha value is -3.76. The fourth-order valence-corrected chi connectivity index (χ4v) is 6.02. The van der Waals surface area contributed by atoms with Gasteiger partial charge in [0.05, 0.1) is 16.7 Å². The maximum Gasteiger partial charge on any atom is 0.262 e. The summed E-state index contributed by atoms with van der Waals surface area (Å²) in [5, 5.41) is 13.3. The number of anilines is 1. The number of carbonyl (C=O) groups is 3. The van der Waals surface area contributed by atoms with E-state index in [1.165, 1.54) is 11.3 Å². The average molecular weight is 470 g/mol. The van der Waals surface area contributed by atoms with E-state index in [2.05, 4.69) is 11.4 Å². The predicted octanol–water partition coefficient (Wildman–Crippen LogP) is 4.73. The average Bonchev–Trinajstić information content (AvgIpc) is 3.19.